The Kier molecular flexibility index (Phi) is 2.94. The first-order valence-corrected chi connectivity index (χ1v) is 6.22. The number of pyridine rings is 1. The number of benzene rings is 1. The second-order valence-corrected chi connectivity index (χ2v) is 4.90. The van der Waals surface area contributed by atoms with Crippen LogP contribution in [0.4, 0.5) is 13.2 Å². The van der Waals surface area contributed by atoms with Gasteiger partial charge in [0.2, 0.25) is 5.95 Å². The van der Waals surface area contributed by atoms with E-state index >= 15 is 0 Å². The van der Waals surface area contributed by atoms with Crippen molar-refractivity contribution in [1.29, 1.82) is 0 Å². The fourth-order valence-electron chi connectivity index (χ4n) is 1.71. The zero-order valence-electron chi connectivity index (χ0n) is 9.45. The summed E-state index contributed by atoms with van der Waals surface area (Å²) in [5.74, 6) is -3.49. The molecule has 0 amide bonds. The molecule has 96 valence electrons. The van der Waals surface area contributed by atoms with Gasteiger partial charge in [0.25, 0.3) is 0 Å². The van der Waals surface area contributed by atoms with Crippen LogP contribution in [0.25, 0.3) is 10.9 Å². The Morgan fingerprint density at radius 1 is 1.00 bits per heavy atom. The van der Waals surface area contributed by atoms with E-state index < -0.39 is 17.6 Å². The molecule has 0 aliphatic carbocycles. The van der Waals surface area contributed by atoms with Crippen LogP contribution in [0, 0.1) is 17.6 Å². The molecule has 0 aliphatic heterocycles. The molecule has 0 radical (unpaired) electrons. The number of H-pyrrole nitrogens is 1. The van der Waals surface area contributed by atoms with Gasteiger partial charge in [-0.3, -0.25) is 0 Å². The number of para-hydroxylation sites is 1. The number of hydrogen-bond acceptors (Lipinski definition) is 2. The van der Waals surface area contributed by atoms with Gasteiger partial charge in [-0.25, -0.2) is 13.8 Å². The van der Waals surface area contributed by atoms with Crippen molar-refractivity contribution in [2.45, 2.75) is 10.1 Å². The lowest BCUT2D eigenvalue weighted by molar-refractivity contribution is 0.448. The van der Waals surface area contributed by atoms with E-state index in [4.69, 9.17) is 0 Å². The van der Waals surface area contributed by atoms with Gasteiger partial charge >= 0.3 is 0 Å². The van der Waals surface area contributed by atoms with Crippen LogP contribution in [0.5, 0.6) is 0 Å². The molecule has 1 aromatic carbocycles. The summed E-state index contributed by atoms with van der Waals surface area (Å²) in [5, 5.41) is 1.36. The summed E-state index contributed by atoms with van der Waals surface area (Å²) in [6.07, 6.45) is 0. The normalized spacial score (nSPS) is 11.1. The second kappa shape index (κ2) is 4.62. The maximum absolute atomic E-state index is 13.5. The van der Waals surface area contributed by atoms with E-state index in [2.05, 4.69) is 9.97 Å². The summed E-state index contributed by atoms with van der Waals surface area (Å²) in [7, 11) is 0. The minimum absolute atomic E-state index is 0.203. The third kappa shape index (κ3) is 2.31. The zero-order valence-corrected chi connectivity index (χ0v) is 10.3. The van der Waals surface area contributed by atoms with Crippen LogP contribution >= 0.6 is 11.8 Å². The quantitative estimate of drug-likeness (QED) is 0.715. The van der Waals surface area contributed by atoms with E-state index in [0.717, 1.165) is 22.7 Å². The topological polar surface area (TPSA) is 28.7 Å². The van der Waals surface area contributed by atoms with Gasteiger partial charge in [0.1, 0.15) is 5.03 Å². The highest BCUT2D eigenvalue weighted by Crippen LogP contribution is 2.30. The van der Waals surface area contributed by atoms with Crippen LogP contribution in [0.15, 0.2) is 46.5 Å². The predicted molar refractivity (Wildman–Crippen MR) is 66.5 cm³/mol. The van der Waals surface area contributed by atoms with Gasteiger partial charge in [0, 0.05) is 17.0 Å². The molecule has 3 rings (SSSR count). The third-order valence-electron chi connectivity index (χ3n) is 2.57. The van der Waals surface area contributed by atoms with E-state index in [1.54, 1.807) is 6.07 Å². The molecule has 0 fully saturated rings. The van der Waals surface area contributed by atoms with Crippen LogP contribution in [0.2, 0.25) is 0 Å². The van der Waals surface area contributed by atoms with E-state index in [1.807, 2.05) is 24.3 Å². The summed E-state index contributed by atoms with van der Waals surface area (Å²) in [6.45, 7) is 0. The monoisotopic (exact) mass is 280 g/mol. The van der Waals surface area contributed by atoms with Crippen molar-refractivity contribution in [3.63, 3.8) is 0 Å². The molecule has 0 atom stereocenters. The van der Waals surface area contributed by atoms with E-state index in [0.29, 0.717) is 11.1 Å². The van der Waals surface area contributed by atoms with Crippen molar-refractivity contribution in [2.75, 3.05) is 0 Å². The number of nitrogens with one attached hydrogen (secondary N) is 1. The average Bonchev–Trinajstić information content (AvgIpc) is 2.78. The molecule has 6 heteroatoms. The lowest BCUT2D eigenvalue weighted by Gasteiger charge is -2.00. The van der Waals surface area contributed by atoms with E-state index in [1.165, 1.54) is 0 Å². The number of rotatable bonds is 2. The fourth-order valence-corrected chi connectivity index (χ4v) is 2.54. The summed E-state index contributed by atoms with van der Waals surface area (Å²) < 4.78 is 39.2. The highest BCUT2D eigenvalue weighted by molar-refractivity contribution is 7.99. The molecule has 2 nitrogen and oxygen atoms in total. The molecule has 0 saturated heterocycles. The van der Waals surface area contributed by atoms with Crippen molar-refractivity contribution in [3.8, 4) is 0 Å². The summed E-state index contributed by atoms with van der Waals surface area (Å²) in [4.78, 5) is 6.31. The smallest absolute Gasteiger partial charge is 0.250 e. The number of halogens is 3. The third-order valence-corrected chi connectivity index (χ3v) is 3.49. The molecule has 0 aliphatic rings. The molecule has 3 aromatic rings. The summed E-state index contributed by atoms with van der Waals surface area (Å²) in [5.41, 5.74) is 0.882. The maximum atomic E-state index is 13.5. The molecular formula is C13H7F3N2S. The zero-order chi connectivity index (χ0) is 13.4. The fraction of sp³-hybridized carbons (Fsp3) is 0. The first kappa shape index (κ1) is 12.1. The van der Waals surface area contributed by atoms with E-state index in [9.17, 15) is 13.2 Å². The number of aromatic nitrogens is 2. The Bertz CT molecular complexity index is 722. The lowest BCUT2D eigenvalue weighted by atomic mass is 10.3. The number of aromatic amines is 1. The number of fused-ring (bicyclic) bond motifs is 1. The van der Waals surface area contributed by atoms with E-state index in [-0.39, 0.29) is 5.03 Å². The van der Waals surface area contributed by atoms with Gasteiger partial charge in [-0.05, 0) is 23.9 Å². The minimum atomic E-state index is -1.31. The highest BCUT2D eigenvalue weighted by Gasteiger charge is 2.13. The molecule has 2 heterocycles. The molecule has 0 unspecified atom stereocenters. The van der Waals surface area contributed by atoms with Gasteiger partial charge in [-0.1, -0.05) is 18.2 Å². The Hall–Kier alpha value is -1.95. The van der Waals surface area contributed by atoms with Gasteiger partial charge in [0.05, 0.1) is 5.03 Å². The van der Waals surface area contributed by atoms with Gasteiger partial charge in [0.15, 0.2) is 11.6 Å². The standard InChI is InChI=1S/C13H7F3N2S/c14-8-6-9(15)13(18-12(8)16)19-11-5-7-3-1-2-4-10(7)17-11/h1-6,17H. The van der Waals surface area contributed by atoms with Crippen molar-refractivity contribution >= 4 is 22.7 Å². The van der Waals surface area contributed by atoms with Crippen LogP contribution in [-0.2, 0) is 0 Å². The Balaban J connectivity index is 1.98. The van der Waals surface area contributed by atoms with Crippen LogP contribution in [0.1, 0.15) is 0 Å². The van der Waals surface area contributed by atoms with Crippen molar-refractivity contribution in [2.24, 2.45) is 0 Å². The Morgan fingerprint density at radius 2 is 1.79 bits per heavy atom. The SMILES string of the molecule is Fc1cc(F)c(Sc2cc3ccccc3[nH]2)nc1F. The largest absolute Gasteiger partial charge is 0.349 e. The first-order chi connectivity index (χ1) is 9.13. The molecule has 0 saturated carbocycles. The van der Waals surface area contributed by atoms with Gasteiger partial charge in [-0.2, -0.15) is 4.39 Å². The molecule has 1 N–H and O–H groups in total. The van der Waals surface area contributed by atoms with Crippen LogP contribution in [-0.4, -0.2) is 9.97 Å². The molecule has 0 bridgehead atoms. The van der Waals surface area contributed by atoms with Crippen molar-refractivity contribution in [1.82, 2.24) is 9.97 Å². The first-order valence-electron chi connectivity index (χ1n) is 5.40. The number of hydrogen-bond donors (Lipinski definition) is 1. The second-order valence-electron chi connectivity index (χ2n) is 3.87. The number of nitrogens with zero attached hydrogens (tertiary/aromatic N) is 1. The minimum Gasteiger partial charge on any atom is -0.349 e. The van der Waals surface area contributed by atoms with Crippen molar-refractivity contribution in [3.05, 3.63) is 54.0 Å². The van der Waals surface area contributed by atoms with Crippen LogP contribution in [0.3, 0.4) is 0 Å². The van der Waals surface area contributed by atoms with Gasteiger partial charge < -0.3 is 4.98 Å². The molecule has 2 aromatic heterocycles. The van der Waals surface area contributed by atoms with Gasteiger partial charge in [-0.15, -0.1) is 0 Å². The summed E-state index contributed by atoms with van der Waals surface area (Å²) in [6, 6.07) is 9.79. The maximum Gasteiger partial charge on any atom is 0.250 e. The Labute approximate surface area is 110 Å². The molecule has 0 spiro atoms. The molecular weight excluding hydrogens is 273 g/mol. The lowest BCUT2D eigenvalue weighted by Crippen LogP contribution is -1.95. The Morgan fingerprint density at radius 3 is 2.58 bits per heavy atom. The average molecular weight is 280 g/mol. The van der Waals surface area contributed by atoms with Crippen LogP contribution < -0.4 is 0 Å². The predicted octanol–water partition coefficient (Wildman–Crippen LogP) is 4.13. The van der Waals surface area contributed by atoms with Crippen molar-refractivity contribution < 1.29 is 13.2 Å². The highest BCUT2D eigenvalue weighted by atomic mass is 32.2. The molecule has 19 heavy (non-hydrogen) atoms. The summed E-state index contributed by atoms with van der Waals surface area (Å²) >= 11 is 0.914.